The molecule has 29 heavy (non-hydrogen) atoms. The van der Waals surface area contributed by atoms with E-state index in [-0.39, 0.29) is 0 Å². The molecule has 3 nitrogen and oxygen atoms in total. The molecule has 3 aromatic carbocycles. The van der Waals surface area contributed by atoms with E-state index in [4.69, 9.17) is 9.47 Å². The molecular weight excluding hydrogens is 494 g/mol. The van der Waals surface area contributed by atoms with E-state index in [2.05, 4.69) is 27.9 Å². The van der Waals surface area contributed by atoms with Crippen LogP contribution in [0, 0.1) is 3.57 Å². The molecule has 0 aliphatic carbocycles. The number of ether oxygens (including phenoxy) is 2. The van der Waals surface area contributed by atoms with Crippen molar-refractivity contribution < 1.29 is 22.6 Å². The molecule has 1 atom stereocenters. The summed E-state index contributed by atoms with van der Waals surface area (Å²) < 4.78 is 51.4. The number of rotatable bonds is 2. The predicted molar refractivity (Wildman–Crippen MR) is 111 cm³/mol. The molecule has 0 saturated heterocycles. The number of anilines is 1. The van der Waals surface area contributed by atoms with Crippen molar-refractivity contribution in [2.75, 3.05) is 11.9 Å². The van der Waals surface area contributed by atoms with E-state index in [1.54, 1.807) is 18.2 Å². The lowest BCUT2D eigenvalue weighted by molar-refractivity contribution is -0.115. The lowest BCUT2D eigenvalue weighted by atomic mass is 9.77. The minimum Gasteiger partial charge on any atom is -0.456 e. The van der Waals surface area contributed by atoms with E-state index in [9.17, 15) is 13.2 Å². The first-order valence-corrected chi connectivity index (χ1v) is 10.1. The molecule has 2 aliphatic heterocycles. The third kappa shape index (κ3) is 3.07. The maximum Gasteiger partial charge on any atom is 0.405 e. The molecule has 148 valence electrons. The number of halogens is 4. The quantitative estimate of drug-likeness (QED) is 0.418. The molecule has 7 heteroatoms. The fourth-order valence-corrected chi connectivity index (χ4v) is 4.51. The van der Waals surface area contributed by atoms with Gasteiger partial charge in [-0.3, -0.25) is 0 Å². The molecule has 0 aromatic heterocycles. The Hall–Kier alpha value is -2.26. The third-order valence-electron chi connectivity index (χ3n) is 5.24. The van der Waals surface area contributed by atoms with Gasteiger partial charge in [0.05, 0.1) is 6.61 Å². The maximum absolute atomic E-state index is 12.6. The highest BCUT2D eigenvalue weighted by Gasteiger charge is 2.49. The summed E-state index contributed by atoms with van der Waals surface area (Å²) in [6, 6.07) is 19.0. The molecule has 0 amide bonds. The van der Waals surface area contributed by atoms with Crippen LogP contribution in [0.3, 0.4) is 0 Å². The van der Waals surface area contributed by atoms with Gasteiger partial charge in [0.1, 0.15) is 18.0 Å². The van der Waals surface area contributed by atoms with E-state index in [1.165, 1.54) is 0 Å². The summed E-state index contributed by atoms with van der Waals surface area (Å²) in [6.45, 7) is -0.653. The average molecular weight is 509 g/mol. The van der Waals surface area contributed by atoms with Gasteiger partial charge in [-0.2, -0.15) is 13.2 Å². The van der Waals surface area contributed by atoms with Crippen molar-refractivity contribution in [3.8, 4) is 11.5 Å². The van der Waals surface area contributed by atoms with Crippen molar-refractivity contribution >= 4 is 28.3 Å². The fraction of sp³-hybridized carbons (Fsp3) is 0.182. The summed E-state index contributed by atoms with van der Waals surface area (Å²) in [5, 5.41) is 2.42. The minimum atomic E-state index is -4.30. The van der Waals surface area contributed by atoms with Gasteiger partial charge in [0.25, 0.3) is 0 Å². The molecule has 1 unspecified atom stereocenters. The van der Waals surface area contributed by atoms with Gasteiger partial charge in [0, 0.05) is 26.5 Å². The summed E-state index contributed by atoms with van der Waals surface area (Å²) in [7, 11) is 0. The van der Waals surface area contributed by atoms with Crippen LogP contribution in [-0.4, -0.2) is 12.7 Å². The average Bonchev–Trinajstić information content (AvgIpc) is 3.06. The SMILES string of the molecule is FC(F)(F)CNc1ccc2c(c1)Oc1cc(I)ccc1C21OCc2ccccc21. The Kier molecular flexibility index (Phi) is 4.29. The second kappa shape index (κ2) is 6.63. The number of benzene rings is 3. The molecule has 1 N–H and O–H groups in total. The van der Waals surface area contributed by atoms with Crippen LogP contribution in [0.2, 0.25) is 0 Å². The maximum atomic E-state index is 12.6. The predicted octanol–water partition coefficient (Wildman–Crippen LogP) is 6.19. The van der Waals surface area contributed by atoms with E-state index in [0.717, 1.165) is 25.8 Å². The van der Waals surface area contributed by atoms with Crippen LogP contribution in [-0.2, 0) is 16.9 Å². The highest BCUT2D eigenvalue weighted by atomic mass is 127. The minimum absolute atomic E-state index is 0.344. The molecular formula is C22H15F3INO2. The Morgan fingerprint density at radius 1 is 0.931 bits per heavy atom. The number of fused-ring (bicyclic) bond motifs is 6. The number of nitrogens with one attached hydrogen (secondary N) is 1. The number of hydrogen-bond donors (Lipinski definition) is 1. The molecule has 0 bridgehead atoms. The zero-order valence-electron chi connectivity index (χ0n) is 15.0. The van der Waals surface area contributed by atoms with Gasteiger partial charge in [-0.05, 0) is 58.0 Å². The van der Waals surface area contributed by atoms with Gasteiger partial charge >= 0.3 is 6.18 Å². The first kappa shape index (κ1) is 18.7. The smallest absolute Gasteiger partial charge is 0.405 e. The van der Waals surface area contributed by atoms with Crippen LogP contribution in [0.15, 0.2) is 60.7 Å². The molecule has 3 aromatic rings. The van der Waals surface area contributed by atoms with Crippen molar-refractivity contribution in [3.05, 3.63) is 86.5 Å². The molecule has 0 saturated carbocycles. The van der Waals surface area contributed by atoms with Crippen molar-refractivity contribution in [1.82, 2.24) is 0 Å². The second-order valence-electron chi connectivity index (χ2n) is 7.05. The summed E-state index contributed by atoms with van der Waals surface area (Å²) in [5.74, 6) is 1.14. The fourth-order valence-electron chi connectivity index (χ4n) is 4.04. The van der Waals surface area contributed by atoms with Crippen LogP contribution < -0.4 is 10.1 Å². The van der Waals surface area contributed by atoms with Crippen molar-refractivity contribution in [2.45, 2.75) is 18.4 Å². The zero-order chi connectivity index (χ0) is 20.2. The number of alkyl halides is 3. The first-order chi connectivity index (χ1) is 13.9. The Morgan fingerprint density at radius 3 is 2.45 bits per heavy atom. The summed E-state index contributed by atoms with van der Waals surface area (Å²) in [6.07, 6.45) is -4.30. The van der Waals surface area contributed by atoms with E-state index in [0.29, 0.717) is 23.8 Å². The Balaban J connectivity index is 1.68. The molecule has 5 rings (SSSR count). The normalized spacial score (nSPS) is 19.3. The Bertz CT molecular complexity index is 1120. The molecule has 0 fully saturated rings. The lowest BCUT2D eigenvalue weighted by Crippen LogP contribution is -2.32. The van der Waals surface area contributed by atoms with Gasteiger partial charge in [-0.1, -0.05) is 30.3 Å². The van der Waals surface area contributed by atoms with Crippen LogP contribution in [0.4, 0.5) is 18.9 Å². The van der Waals surface area contributed by atoms with Crippen LogP contribution in [0.25, 0.3) is 0 Å². The van der Waals surface area contributed by atoms with Gasteiger partial charge in [0.15, 0.2) is 5.60 Å². The summed E-state index contributed by atoms with van der Waals surface area (Å²) in [5.41, 5.74) is 3.30. The highest BCUT2D eigenvalue weighted by Crippen LogP contribution is 2.56. The van der Waals surface area contributed by atoms with Crippen LogP contribution >= 0.6 is 22.6 Å². The van der Waals surface area contributed by atoms with Crippen molar-refractivity contribution in [1.29, 1.82) is 0 Å². The van der Waals surface area contributed by atoms with Gasteiger partial charge in [-0.15, -0.1) is 0 Å². The Labute approximate surface area is 179 Å². The van der Waals surface area contributed by atoms with E-state index in [1.807, 2.05) is 42.5 Å². The zero-order valence-corrected chi connectivity index (χ0v) is 17.2. The summed E-state index contributed by atoms with van der Waals surface area (Å²) >= 11 is 2.21. The van der Waals surface area contributed by atoms with Crippen molar-refractivity contribution in [2.24, 2.45) is 0 Å². The highest BCUT2D eigenvalue weighted by molar-refractivity contribution is 14.1. The molecule has 2 aliphatic rings. The second-order valence-corrected chi connectivity index (χ2v) is 8.29. The molecule has 1 spiro atoms. The third-order valence-corrected chi connectivity index (χ3v) is 5.91. The van der Waals surface area contributed by atoms with Crippen LogP contribution in [0.1, 0.15) is 22.3 Å². The standard InChI is InChI=1S/C22H15F3INO2/c23-21(24,25)12-27-15-6-8-18-20(10-15)29-19-9-14(26)5-7-17(19)22(18)16-4-2-1-3-13(16)11-28-22/h1-10,27H,11-12H2. The van der Waals surface area contributed by atoms with E-state index >= 15 is 0 Å². The van der Waals surface area contributed by atoms with Crippen LogP contribution in [0.5, 0.6) is 11.5 Å². The van der Waals surface area contributed by atoms with Gasteiger partial charge in [-0.25, -0.2) is 0 Å². The Morgan fingerprint density at radius 2 is 1.66 bits per heavy atom. The van der Waals surface area contributed by atoms with Gasteiger partial charge < -0.3 is 14.8 Å². The lowest BCUT2D eigenvalue weighted by Gasteiger charge is -2.37. The van der Waals surface area contributed by atoms with Crippen molar-refractivity contribution in [3.63, 3.8) is 0 Å². The monoisotopic (exact) mass is 509 g/mol. The van der Waals surface area contributed by atoms with Gasteiger partial charge in [0.2, 0.25) is 0 Å². The first-order valence-electron chi connectivity index (χ1n) is 9.02. The molecule has 0 radical (unpaired) electrons. The summed E-state index contributed by atoms with van der Waals surface area (Å²) in [4.78, 5) is 0. The van der Waals surface area contributed by atoms with E-state index < -0.39 is 18.3 Å². The topological polar surface area (TPSA) is 30.5 Å². The molecule has 2 heterocycles. The largest absolute Gasteiger partial charge is 0.456 e. The number of hydrogen-bond acceptors (Lipinski definition) is 3.